The number of aromatic nitrogens is 1. The molecule has 1 aliphatic heterocycles. The zero-order chi connectivity index (χ0) is 21.9. The van der Waals surface area contributed by atoms with Gasteiger partial charge in [0, 0.05) is 18.8 Å². The molecule has 0 radical (unpaired) electrons. The molecule has 0 saturated carbocycles. The van der Waals surface area contributed by atoms with E-state index in [9.17, 15) is 27.6 Å². The SMILES string of the molecule is CC(OC(=O)Cn1cc(C(F)(F)F)ccc1=O)C(=O)NCc1ccc2c(c1)OCO2. The number of hydrogen-bond donors (Lipinski definition) is 1. The summed E-state index contributed by atoms with van der Waals surface area (Å²) in [6.45, 7) is 0.794. The van der Waals surface area contributed by atoms with Crippen LogP contribution in [-0.4, -0.2) is 29.3 Å². The fraction of sp³-hybridized carbons (Fsp3) is 0.316. The first-order valence-corrected chi connectivity index (χ1v) is 8.77. The number of nitrogens with one attached hydrogen (secondary N) is 1. The molecule has 0 fully saturated rings. The van der Waals surface area contributed by atoms with Crippen LogP contribution in [0.3, 0.4) is 0 Å². The molecule has 2 aromatic rings. The van der Waals surface area contributed by atoms with Crippen LogP contribution in [0.4, 0.5) is 13.2 Å². The molecular weight excluding hydrogens is 409 g/mol. The molecule has 1 N–H and O–H groups in total. The first kappa shape index (κ1) is 21.2. The Hall–Kier alpha value is -3.50. The number of amides is 1. The number of nitrogens with zero attached hydrogens (tertiary/aromatic N) is 1. The highest BCUT2D eigenvalue weighted by molar-refractivity contribution is 5.83. The number of pyridine rings is 1. The van der Waals surface area contributed by atoms with Crippen molar-refractivity contribution in [2.45, 2.75) is 32.3 Å². The molecule has 160 valence electrons. The van der Waals surface area contributed by atoms with Crippen LogP contribution in [0.25, 0.3) is 0 Å². The van der Waals surface area contributed by atoms with Gasteiger partial charge in [-0.15, -0.1) is 0 Å². The van der Waals surface area contributed by atoms with Crippen molar-refractivity contribution >= 4 is 11.9 Å². The van der Waals surface area contributed by atoms with E-state index in [-0.39, 0.29) is 13.3 Å². The van der Waals surface area contributed by atoms with Crippen molar-refractivity contribution in [3.8, 4) is 11.5 Å². The molecule has 1 atom stereocenters. The van der Waals surface area contributed by atoms with Crippen LogP contribution in [0.15, 0.2) is 41.3 Å². The molecule has 0 bridgehead atoms. The smallest absolute Gasteiger partial charge is 0.417 e. The highest BCUT2D eigenvalue weighted by Gasteiger charge is 2.31. The minimum atomic E-state index is -4.67. The zero-order valence-electron chi connectivity index (χ0n) is 15.7. The topological polar surface area (TPSA) is 95.9 Å². The quantitative estimate of drug-likeness (QED) is 0.709. The highest BCUT2D eigenvalue weighted by atomic mass is 19.4. The number of esters is 1. The predicted molar refractivity (Wildman–Crippen MR) is 95.7 cm³/mol. The van der Waals surface area contributed by atoms with Crippen molar-refractivity contribution in [2.24, 2.45) is 0 Å². The van der Waals surface area contributed by atoms with Gasteiger partial charge < -0.3 is 24.1 Å². The van der Waals surface area contributed by atoms with Gasteiger partial charge in [-0.1, -0.05) is 6.07 Å². The first-order valence-electron chi connectivity index (χ1n) is 8.77. The van der Waals surface area contributed by atoms with E-state index in [1.54, 1.807) is 18.2 Å². The van der Waals surface area contributed by atoms with E-state index in [0.717, 1.165) is 5.56 Å². The van der Waals surface area contributed by atoms with Crippen LogP contribution in [0, 0.1) is 0 Å². The minimum Gasteiger partial charge on any atom is -0.454 e. The lowest BCUT2D eigenvalue weighted by Gasteiger charge is -2.15. The van der Waals surface area contributed by atoms with E-state index in [1.165, 1.54) is 6.92 Å². The summed E-state index contributed by atoms with van der Waals surface area (Å²) in [4.78, 5) is 35.8. The summed E-state index contributed by atoms with van der Waals surface area (Å²) in [6.07, 6.45) is -5.36. The lowest BCUT2D eigenvalue weighted by Crippen LogP contribution is -2.37. The number of fused-ring (bicyclic) bond motifs is 1. The molecule has 1 aromatic carbocycles. The second kappa shape index (κ2) is 8.47. The Morgan fingerprint density at radius 1 is 1.20 bits per heavy atom. The number of hydrogen-bond acceptors (Lipinski definition) is 6. The van der Waals surface area contributed by atoms with Gasteiger partial charge in [-0.05, 0) is 30.7 Å². The maximum Gasteiger partial charge on any atom is 0.417 e. The Kier molecular flexibility index (Phi) is 5.99. The lowest BCUT2D eigenvalue weighted by molar-refractivity contribution is -0.155. The normalized spacial score (nSPS) is 13.6. The number of alkyl halides is 3. The third-order valence-corrected chi connectivity index (χ3v) is 4.19. The van der Waals surface area contributed by atoms with Gasteiger partial charge in [0.15, 0.2) is 17.6 Å². The predicted octanol–water partition coefficient (Wildman–Crippen LogP) is 1.84. The Bertz CT molecular complexity index is 1020. The van der Waals surface area contributed by atoms with Crippen LogP contribution in [0.2, 0.25) is 0 Å². The lowest BCUT2D eigenvalue weighted by atomic mass is 10.2. The molecule has 1 amide bonds. The molecule has 1 aliphatic rings. The van der Waals surface area contributed by atoms with Gasteiger partial charge in [-0.2, -0.15) is 13.2 Å². The number of benzene rings is 1. The maximum atomic E-state index is 12.8. The summed E-state index contributed by atoms with van der Waals surface area (Å²) < 4.78 is 54.2. The third kappa shape index (κ3) is 5.10. The van der Waals surface area contributed by atoms with Crippen molar-refractivity contribution in [3.05, 3.63) is 58.0 Å². The van der Waals surface area contributed by atoms with Crippen molar-refractivity contribution in [2.75, 3.05) is 6.79 Å². The van der Waals surface area contributed by atoms with Crippen molar-refractivity contribution in [1.82, 2.24) is 9.88 Å². The number of carbonyl (C=O) groups excluding carboxylic acids is 2. The van der Waals surface area contributed by atoms with Gasteiger partial charge in [0.05, 0.1) is 5.56 Å². The molecule has 3 rings (SSSR count). The van der Waals surface area contributed by atoms with Crippen LogP contribution < -0.4 is 20.3 Å². The summed E-state index contributed by atoms with van der Waals surface area (Å²) >= 11 is 0. The standard InChI is InChI=1S/C19H17F3N2O6/c1-11(18(27)23-7-12-2-4-14-15(6-12)29-10-28-14)30-17(26)9-24-8-13(19(20,21)22)3-5-16(24)25/h2-6,8,11H,7,9-10H2,1H3,(H,23,27). The molecule has 30 heavy (non-hydrogen) atoms. The van der Waals surface area contributed by atoms with Crippen LogP contribution in [0.1, 0.15) is 18.1 Å². The molecule has 0 spiro atoms. The second-order valence-electron chi connectivity index (χ2n) is 6.42. The van der Waals surface area contributed by atoms with E-state index < -0.39 is 41.8 Å². The maximum absolute atomic E-state index is 12.8. The van der Waals surface area contributed by atoms with E-state index >= 15 is 0 Å². The van der Waals surface area contributed by atoms with Gasteiger partial charge in [0.25, 0.3) is 11.5 Å². The van der Waals surface area contributed by atoms with E-state index in [0.29, 0.717) is 34.4 Å². The molecule has 11 heteroatoms. The third-order valence-electron chi connectivity index (χ3n) is 4.19. The molecule has 8 nitrogen and oxygen atoms in total. The average Bonchev–Trinajstić information content (AvgIpc) is 3.14. The first-order chi connectivity index (χ1) is 14.1. The Morgan fingerprint density at radius 3 is 2.67 bits per heavy atom. The van der Waals surface area contributed by atoms with Crippen molar-refractivity contribution in [3.63, 3.8) is 0 Å². The van der Waals surface area contributed by atoms with Crippen molar-refractivity contribution < 1.29 is 37.0 Å². The number of halogens is 3. The summed E-state index contributed by atoms with van der Waals surface area (Å²) in [5, 5.41) is 2.57. The number of ether oxygens (including phenoxy) is 3. The van der Waals surface area contributed by atoms with Crippen LogP contribution in [-0.2, 0) is 33.6 Å². The zero-order valence-corrected chi connectivity index (χ0v) is 15.7. The molecule has 1 unspecified atom stereocenters. The summed E-state index contributed by atoms with van der Waals surface area (Å²) in [7, 11) is 0. The average molecular weight is 426 g/mol. The Balaban J connectivity index is 1.54. The van der Waals surface area contributed by atoms with E-state index in [1.807, 2.05) is 0 Å². The summed E-state index contributed by atoms with van der Waals surface area (Å²) in [5.41, 5.74) is -1.16. The number of rotatable bonds is 6. The highest BCUT2D eigenvalue weighted by Crippen LogP contribution is 2.32. The van der Waals surface area contributed by atoms with E-state index in [2.05, 4.69) is 5.32 Å². The summed E-state index contributed by atoms with van der Waals surface area (Å²) in [5.74, 6) is -0.496. The molecule has 0 saturated heterocycles. The molecule has 2 heterocycles. The van der Waals surface area contributed by atoms with Crippen LogP contribution >= 0.6 is 0 Å². The van der Waals surface area contributed by atoms with Crippen molar-refractivity contribution in [1.29, 1.82) is 0 Å². The monoisotopic (exact) mass is 426 g/mol. The van der Waals surface area contributed by atoms with Gasteiger partial charge in [0.2, 0.25) is 6.79 Å². The van der Waals surface area contributed by atoms with Gasteiger partial charge in [0.1, 0.15) is 6.54 Å². The van der Waals surface area contributed by atoms with Gasteiger partial charge >= 0.3 is 12.1 Å². The fourth-order valence-electron chi connectivity index (χ4n) is 2.63. The summed E-state index contributed by atoms with van der Waals surface area (Å²) in [6, 6.07) is 6.44. The Labute approximate surface area is 168 Å². The van der Waals surface area contributed by atoms with E-state index in [4.69, 9.17) is 14.2 Å². The minimum absolute atomic E-state index is 0.118. The van der Waals surface area contributed by atoms with Gasteiger partial charge in [-0.25, -0.2) is 0 Å². The molecule has 1 aromatic heterocycles. The molecule has 0 aliphatic carbocycles. The Morgan fingerprint density at radius 2 is 1.93 bits per heavy atom. The van der Waals surface area contributed by atoms with Gasteiger partial charge in [-0.3, -0.25) is 14.4 Å². The largest absolute Gasteiger partial charge is 0.454 e. The number of carbonyl (C=O) groups is 2. The molecular formula is C19H17F3N2O6. The van der Waals surface area contributed by atoms with Crippen LogP contribution in [0.5, 0.6) is 11.5 Å². The fourth-order valence-corrected chi connectivity index (χ4v) is 2.63. The second-order valence-corrected chi connectivity index (χ2v) is 6.42.